The molecule has 2 amide bonds. The number of hydrogen-bond donors (Lipinski definition) is 2. The van der Waals surface area contributed by atoms with E-state index in [0.717, 1.165) is 0 Å². The van der Waals surface area contributed by atoms with Gasteiger partial charge in [-0.3, -0.25) is 19.3 Å². The van der Waals surface area contributed by atoms with E-state index in [9.17, 15) is 19.2 Å². The first-order valence-electron chi connectivity index (χ1n) is 11.8. The minimum atomic E-state index is -0.852. The fourth-order valence-corrected chi connectivity index (χ4v) is 4.44. The predicted octanol–water partition coefficient (Wildman–Crippen LogP) is 3.50. The molecule has 1 unspecified atom stereocenters. The zero-order valence-electron chi connectivity index (χ0n) is 20.4. The maximum absolute atomic E-state index is 14.0. The number of ether oxygens (including phenoxy) is 2. The third-order valence-corrected chi connectivity index (χ3v) is 6.53. The van der Waals surface area contributed by atoms with E-state index in [-0.39, 0.29) is 41.9 Å². The van der Waals surface area contributed by atoms with Crippen LogP contribution in [0, 0.1) is 5.92 Å². The topological polar surface area (TPSA) is 128 Å². The number of halogens is 2. The molecule has 4 rings (SSSR count). The number of Topliss-reactive ketones (excluding diaryl/α,β-unsaturated/α-hetero) is 1. The van der Waals surface area contributed by atoms with Crippen LogP contribution in [-0.2, 0) is 23.9 Å². The molecule has 0 bridgehead atoms. The summed E-state index contributed by atoms with van der Waals surface area (Å²) in [6, 6.07) is 10.7. The van der Waals surface area contributed by atoms with Gasteiger partial charge in [0.15, 0.2) is 5.78 Å². The Labute approximate surface area is 229 Å². The van der Waals surface area contributed by atoms with Gasteiger partial charge in [0.05, 0.1) is 31.0 Å². The molecule has 0 radical (unpaired) electrons. The molecule has 9 nitrogen and oxygen atoms in total. The van der Waals surface area contributed by atoms with Crippen molar-refractivity contribution >= 4 is 52.5 Å². The molecule has 2 aromatic carbocycles. The van der Waals surface area contributed by atoms with Crippen LogP contribution in [0.15, 0.2) is 65.9 Å². The lowest BCUT2D eigenvalue weighted by molar-refractivity contribution is -0.134. The van der Waals surface area contributed by atoms with Crippen LogP contribution in [0.3, 0.4) is 0 Å². The van der Waals surface area contributed by atoms with E-state index in [2.05, 4.69) is 10.1 Å². The van der Waals surface area contributed by atoms with Gasteiger partial charge < -0.3 is 20.5 Å². The number of anilines is 1. The van der Waals surface area contributed by atoms with Gasteiger partial charge in [0.2, 0.25) is 5.91 Å². The average Bonchev–Trinajstić information content (AvgIpc) is 3.70. The van der Waals surface area contributed by atoms with E-state index in [4.69, 9.17) is 33.7 Å². The van der Waals surface area contributed by atoms with Crippen LogP contribution in [0.25, 0.3) is 0 Å². The fourth-order valence-electron chi connectivity index (χ4n) is 4.15. The van der Waals surface area contributed by atoms with Gasteiger partial charge in [0.1, 0.15) is 18.1 Å². The number of rotatable bonds is 11. The summed E-state index contributed by atoms with van der Waals surface area (Å²) in [7, 11) is 1.26. The number of primary amides is 1. The van der Waals surface area contributed by atoms with Crippen molar-refractivity contribution in [3.05, 3.63) is 81.5 Å². The number of nitrogens with two attached hydrogens (primary N) is 1. The molecule has 11 heteroatoms. The Morgan fingerprint density at radius 3 is 2.42 bits per heavy atom. The Kier molecular flexibility index (Phi) is 8.38. The van der Waals surface area contributed by atoms with Crippen molar-refractivity contribution in [2.45, 2.75) is 18.9 Å². The van der Waals surface area contributed by atoms with Crippen LogP contribution in [0.2, 0.25) is 10.0 Å². The van der Waals surface area contributed by atoms with E-state index >= 15 is 0 Å². The molecule has 2 aromatic rings. The zero-order chi connectivity index (χ0) is 27.4. The van der Waals surface area contributed by atoms with Gasteiger partial charge in [-0.25, -0.2) is 4.79 Å². The normalized spacial score (nSPS) is 17.2. The van der Waals surface area contributed by atoms with Crippen LogP contribution >= 0.6 is 23.2 Å². The summed E-state index contributed by atoms with van der Waals surface area (Å²) in [6.07, 6.45) is 4.11. The third kappa shape index (κ3) is 6.00. The molecule has 3 N–H and O–H groups in total. The Bertz CT molecular complexity index is 1330. The van der Waals surface area contributed by atoms with E-state index < -0.39 is 23.8 Å². The minimum absolute atomic E-state index is 0.00263. The van der Waals surface area contributed by atoms with Crippen molar-refractivity contribution in [2.75, 3.05) is 25.2 Å². The highest BCUT2D eigenvalue weighted by Gasteiger charge is 2.48. The highest BCUT2D eigenvalue weighted by molar-refractivity contribution is 6.31. The first kappa shape index (κ1) is 27.2. The number of nitrogens with zero attached hydrogens (tertiary/aromatic N) is 1. The van der Waals surface area contributed by atoms with Gasteiger partial charge in [0, 0.05) is 22.0 Å². The zero-order valence-corrected chi connectivity index (χ0v) is 21.9. The van der Waals surface area contributed by atoms with Crippen molar-refractivity contribution in [2.24, 2.45) is 11.7 Å². The molecule has 1 saturated carbocycles. The number of amides is 2. The highest BCUT2D eigenvalue weighted by Crippen LogP contribution is 2.47. The van der Waals surface area contributed by atoms with Crippen molar-refractivity contribution in [1.29, 1.82) is 0 Å². The van der Waals surface area contributed by atoms with Crippen molar-refractivity contribution in [3.8, 4) is 5.75 Å². The summed E-state index contributed by atoms with van der Waals surface area (Å²) in [6.45, 7) is -0.341. The fraction of sp³-hybridized carbons (Fsp3) is 0.259. The van der Waals surface area contributed by atoms with Crippen LogP contribution in [0.1, 0.15) is 24.4 Å². The lowest BCUT2D eigenvalue weighted by Gasteiger charge is -2.29. The van der Waals surface area contributed by atoms with Crippen LogP contribution in [0.5, 0.6) is 5.75 Å². The number of benzene rings is 2. The summed E-state index contributed by atoms with van der Waals surface area (Å²) < 4.78 is 10.5. The first-order valence-corrected chi connectivity index (χ1v) is 12.5. The highest BCUT2D eigenvalue weighted by atomic mass is 35.5. The molecular formula is C27H25Cl2N3O6. The van der Waals surface area contributed by atoms with E-state index in [1.54, 1.807) is 42.5 Å². The number of methoxy groups -OCH3 is 1. The molecule has 198 valence electrons. The number of carbonyl (C=O) groups is 4. The molecule has 1 heterocycles. The maximum atomic E-state index is 14.0. The molecule has 1 aliphatic carbocycles. The van der Waals surface area contributed by atoms with E-state index in [1.165, 1.54) is 24.2 Å². The smallest absolute Gasteiger partial charge is 0.330 e. The number of esters is 1. The molecule has 1 aliphatic heterocycles. The third-order valence-electron chi connectivity index (χ3n) is 6.04. The second kappa shape index (κ2) is 11.7. The molecular weight excluding hydrogens is 533 g/mol. The summed E-state index contributed by atoms with van der Waals surface area (Å²) in [5, 5.41) is 3.60. The quantitative estimate of drug-likeness (QED) is 0.319. The maximum Gasteiger partial charge on any atom is 0.330 e. The van der Waals surface area contributed by atoms with Crippen molar-refractivity contribution in [1.82, 2.24) is 5.32 Å². The Hall–Kier alpha value is -3.82. The summed E-state index contributed by atoms with van der Waals surface area (Å²) >= 11 is 12.5. The SMILES string of the molecule is COC(=O)/C=C/COc1ccc(Cl)cc1N1C(=O)C(NCC(N)=O)=C(C(=O)C2CC2)C1c1ccc(Cl)cc1. The summed E-state index contributed by atoms with van der Waals surface area (Å²) in [5.74, 6) is -1.89. The molecule has 0 aromatic heterocycles. The molecule has 38 heavy (non-hydrogen) atoms. The second-order valence-corrected chi connectivity index (χ2v) is 9.60. The predicted molar refractivity (Wildman–Crippen MR) is 142 cm³/mol. The van der Waals surface area contributed by atoms with E-state index in [1.807, 2.05) is 0 Å². The van der Waals surface area contributed by atoms with Gasteiger partial charge in [-0.05, 0) is 54.8 Å². The molecule has 1 atom stereocenters. The molecule has 2 aliphatic rings. The van der Waals surface area contributed by atoms with E-state index in [0.29, 0.717) is 34.1 Å². The monoisotopic (exact) mass is 557 g/mol. The summed E-state index contributed by atoms with van der Waals surface area (Å²) in [4.78, 5) is 51.9. The van der Waals surface area contributed by atoms with Gasteiger partial charge >= 0.3 is 5.97 Å². The number of carbonyl (C=O) groups excluding carboxylic acids is 4. The van der Waals surface area contributed by atoms with Crippen LogP contribution < -0.4 is 20.7 Å². The van der Waals surface area contributed by atoms with Crippen LogP contribution in [-0.4, -0.2) is 43.8 Å². The Balaban J connectivity index is 1.82. The molecule has 1 fully saturated rings. The summed E-state index contributed by atoms with van der Waals surface area (Å²) in [5.41, 5.74) is 6.49. The number of ketones is 1. The number of nitrogens with one attached hydrogen (secondary N) is 1. The van der Waals surface area contributed by atoms with Crippen molar-refractivity contribution in [3.63, 3.8) is 0 Å². The van der Waals surface area contributed by atoms with Gasteiger partial charge in [-0.1, -0.05) is 35.3 Å². The molecule has 0 spiro atoms. The minimum Gasteiger partial charge on any atom is -0.487 e. The first-order chi connectivity index (χ1) is 18.2. The standard InChI is InChI=1S/C27H25Cl2N3O6/c1-37-22(34)3-2-12-38-20-11-10-18(29)13-19(20)32-25(15-6-8-17(28)9-7-15)23(26(35)16-4-5-16)24(27(32)36)31-14-21(30)33/h2-3,6-11,13,16,25,31H,4-5,12,14H2,1H3,(H2,30,33)/b3-2+. The largest absolute Gasteiger partial charge is 0.487 e. The lowest BCUT2D eigenvalue weighted by atomic mass is 9.93. The second-order valence-electron chi connectivity index (χ2n) is 8.72. The van der Waals surface area contributed by atoms with Crippen molar-refractivity contribution < 1.29 is 28.7 Å². The number of hydrogen-bond acceptors (Lipinski definition) is 7. The van der Waals surface area contributed by atoms with Gasteiger partial charge in [-0.15, -0.1) is 0 Å². The van der Waals surface area contributed by atoms with Gasteiger partial charge in [-0.2, -0.15) is 0 Å². The van der Waals surface area contributed by atoms with Crippen LogP contribution in [0.4, 0.5) is 5.69 Å². The molecule has 0 saturated heterocycles. The van der Waals surface area contributed by atoms with Gasteiger partial charge in [0.25, 0.3) is 5.91 Å². The average molecular weight is 558 g/mol. The Morgan fingerprint density at radius 1 is 1.11 bits per heavy atom. The Morgan fingerprint density at radius 2 is 1.79 bits per heavy atom. The lowest BCUT2D eigenvalue weighted by Crippen LogP contribution is -2.35.